The third-order valence-corrected chi connectivity index (χ3v) is 3.47. The maximum atomic E-state index is 8.67. The molecule has 0 aromatic heterocycles. The average molecular weight is 194 g/mol. The molecule has 1 aliphatic rings. The lowest BCUT2D eigenvalue weighted by atomic mass is 9.90. The lowest BCUT2D eigenvalue weighted by Gasteiger charge is -2.24. The van der Waals surface area contributed by atoms with Gasteiger partial charge in [0.2, 0.25) is 0 Å². The molecule has 0 saturated heterocycles. The average Bonchev–Trinajstić information content (AvgIpc) is 2.86. The van der Waals surface area contributed by atoms with Gasteiger partial charge in [0.1, 0.15) is 0 Å². The van der Waals surface area contributed by atoms with Crippen molar-refractivity contribution in [1.29, 1.82) is 5.26 Å². The molecule has 0 heterocycles. The van der Waals surface area contributed by atoms with E-state index in [0.29, 0.717) is 10.8 Å². The van der Waals surface area contributed by atoms with Crippen LogP contribution in [0.5, 0.6) is 0 Å². The molecule has 0 radical (unpaired) electrons. The van der Waals surface area contributed by atoms with Crippen LogP contribution < -0.4 is 5.32 Å². The molecule has 0 aromatic carbocycles. The van der Waals surface area contributed by atoms with E-state index in [1.165, 1.54) is 19.3 Å². The maximum Gasteiger partial charge on any atom is 0.0628 e. The quantitative estimate of drug-likeness (QED) is 0.705. The molecule has 1 N–H and O–H groups in total. The van der Waals surface area contributed by atoms with Gasteiger partial charge in [-0.1, -0.05) is 20.8 Å². The van der Waals surface area contributed by atoms with Crippen LogP contribution >= 0.6 is 0 Å². The van der Waals surface area contributed by atoms with Crippen LogP contribution in [0.3, 0.4) is 0 Å². The van der Waals surface area contributed by atoms with E-state index in [9.17, 15) is 0 Å². The number of rotatable bonds is 6. The molecule has 0 aliphatic heterocycles. The van der Waals surface area contributed by atoms with E-state index in [2.05, 4.69) is 32.2 Å². The van der Waals surface area contributed by atoms with Gasteiger partial charge in [-0.15, -0.1) is 0 Å². The number of nitriles is 1. The lowest BCUT2D eigenvalue weighted by molar-refractivity contribution is 0.312. The van der Waals surface area contributed by atoms with Crippen LogP contribution in [-0.2, 0) is 0 Å². The van der Waals surface area contributed by atoms with Gasteiger partial charge in [0.15, 0.2) is 0 Å². The second-order valence-corrected chi connectivity index (χ2v) is 5.46. The molecule has 0 aromatic rings. The van der Waals surface area contributed by atoms with E-state index in [0.717, 1.165) is 19.5 Å². The molecule has 2 nitrogen and oxygen atoms in total. The van der Waals surface area contributed by atoms with Gasteiger partial charge in [-0.05, 0) is 30.1 Å². The highest BCUT2D eigenvalue weighted by atomic mass is 14.9. The first-order chi connectivity index (χ1) is 6.54. The number of nitrogens with zero attached hydrogens (tertiary/aromatic N) is 1. The van der Waals surface area contributed by atoms with Crippen LogP contribution in [0.2, 0.25) is 0 Å². The van der Waals surface area contributed by atoms with E-state index in [4.69, 9.17) is 5.26 Å². The lowest BCUT2D eigenvalue weighted by Crippen LogP contribution is -2.33. The van der Waals surface area contributed by atoms with Gasteiger partial charge in [0, 0.05) is 19.5 Å². The third kappa shape index (κ3) is 3.31. The zero-order valence-corrected chi connectivity index (χ0v) is 9.69. The first kappa shape index (κ1) is 11.5. The fourth-order valence-corrected chi connectivity index (χ4v) is 1.55. The standard InChI is InChI=1S/C12H22N2/c1-4-11(2,3)9-14-10-12(5-6-12)7-8-13/h14H,4-7,9-10H2,1-3H3. The van der Waals surface area contributed by atoms with Crippen LogP contribution in [-0.4, -0.2) is 13.1 Å². The molecule has 2 heteroatoms. The second kappa shape index (κ2) is 4.31. The minimum atomic E-state index is 0.346. The smallest absolute Gasteiger partial charge is 0.0628 e. The van der Waals surface area contributed by atoms with Crippen molar-refractivity contribution in [2.75, 3.05) is 13.1 Å². The van der Waals surface area contributed by atoms with E-state index >= 15 is 0 Å². The normalized spacial score (nSPS) is 19.0. The summed E-state index contributed by atoms with van der Waals surface area (Å²) in [5.41, 5.74) is 0.737. The zero-order valence-electron chi connectivity index (χ0n) is 9.69. The summed E-state index contributed by atoms with van der Waals surface area (Å²) in [5.74, 6) is 0. The van der Waals surface area contributed by atoms with E-state index in [1.54, 1.807) is 0 Å². The predicted molar refractivity (Wildman–Crippen MR) is 58.8 cm³/mol. The third-order valence-electron chi connectivity index (χ3n) is 3.47. The summed E-state index contributed by atoms with van der Waals surface area (Å²) in [6, 6.07) is 2.29. The number of hydrogen-bond acceptors (Lipinski definition) is 2. The molecule has 1 rings (SSSR count). The van der Waals surface area contributed by atoms with Crippen LogP contribution in [0.25, 0.3) is 0 Å². The maximum absolute atomic E-state index is 8.67. The number of hydrogen-bond donors (Lipinski definition) is 1. The Balaban J connectivity index is 2.19. The Hall–Kier alpha value is -0.550. The van der Waals surface area contributed by atoms with Gasteiger partial charge in [-0.3, -0.25) is 0 Å². The minimum absolute atomic E-state index is 0.346. The first-order valence-electron chi connectivity index (χ1n) is 5.61. The Morgan fingerprint density at radius 3 is 2.50 bits per heavy atom. The predicted octanol–water partition coefficient (Wildman–Crippen LogP) is 2.71. The largest absolute Gasteiger partial charge is 0.316 e. The van der Waals surface area contributed by atoms with E-state index < -0.39 is 0 Å². The van der Waals surface area contributed by atoms with Gasteiger partial charge < -0.3 is 5.32 Å². The van der Waals surface area contributed by atoms with Crippen molar-refractivity contribution in [3.8, 4) is 6.07 Å². The summed E-state index contributed by atoms with van der Waals surface area (Å²) in [4.78, 5) is 0. The van der Waals surface area contributed by atoms with Crippen molar-refractivity contribution in [1.82, 2.24) is 5.32 Å². The van der Waals surface area contributed by atoms with Crippen LogP contribution in [0.4, 0.5) is 0 Å². The number of nitrogens with one attached hydrogen (secondary N) is 1. The molecule has 0 bridgehead atoms. The summed E-state index contributed by atoms with van der Waals surface area (Å²) in [5, 5.41) is 12.2. The molecule has 1 saturated carbocycles. The highest BCUT2D eigenvalue weighted by molar-refractivity contribution is 5.00. The SMILES string of the molecule is CCC(C)(C)CNCC1(CC#N)CC1. The van der Waals surface area contributed by atoms with Crippen LogP contribution in [0, 0.1) is 22.2 Å². The van der Waals surface area contributed by atoms with Crippen molar-refractivity contribution in [3.05, 3.63) is 0 Å². The van der Waals surface area contributed by atoms with Gasteiger partial charge in [-0.2, -0.15) is 5.26 Å². The molecular formula is C12H22N2. The summed E-state index contributed by atoms with van der Waals surface area (Å²) < 4.78 is 0. The Labute approximate surface area is 87.7 Å². The van der Waals surface area contributed by atoms with E-state index in [1.807, 2.05) is 0 Å². The molecule has 14 heavy (non-hydrogen) atoms. The monoisotopic (exact) mass is 194 g/mol. The van der Waals surface area contributed by atoms with Crippen molar-refractivity contribution in [3.63, 3.8) is 0 Å². The van der Waals surface area contributed by atoms with Crippen molar-refractivity contribution >= 4 is 0 Å². The summed E-state index contributed by atoms with van der Waals surface area (Å²) in [6.45, 7) is 8.89. The van der Waals surface area contributed by atoms with Gasteiger partial charge >= 0.3 is 0 Å². The Morgan fingerprint density at radius 1 is 1.43 bits per heavy atom. The highest BCUT2D eigenvalue weighted by Crippen LogP contribution is 2.47. The molecule has 0 spiro atoms. The first-order valence-corrected chi connectivity index (χ1v) is 5.61. The molecule has 1 aliphatic carbocycles. The van der Waals surface area contributed by atoms with Gasteiger partial charge in [0.05, 0.1) is 6.07 Å². The topological polar surface area (TPSA) is 35.8 Å². The second-order valence-electron chi connectivity index (χ2n) is 5.46. The fraction of sp³-hybridized carbons (Fsp3) is 0.917. The molecule has 0 amide bonds. The van der Waals surface area contributed by atoms with Gasteiger partial charge in [0.25, 0.3) is 0 Å². The van der Waals surface area contributed by atoms with Crippen LogP contribution in [0.15, 0.2) is 0 Å². The minimum Gasteiger partial charge on any atom is -0.316 e. The molecular weight excluding hydrogens is 172 g/mol. The zero-order chi connectivity index (χ0) is 10.7. The fourth-order valence-electron chi connectivity index (χ4n) is 1.55. The van der Waals surface area contributed by atoms with Crippen molar-refractivity contribution in [2.45, 2.75) is 46.5 Å². The Morgan fingerprint density at radius 2 is 2.07 bits per heavy atom. The van der Waals surface area contributed by atoms with Gasteiger partial charge in [-0.25, -0.2) is 0 Å². The van der Waals surface area contributed by atoms with Crippen molar-refractivity contribution < 1.29 is 0 Å². The summed E-state index contributed by atoms with van der Waals surface area (Å²) in [7, 11) is 0. The molecule has 80 valence electrons. The van der Waals surface area contributed by atoms with Crippen LogP contribution in [0.1, 0.15) is 46.5 Å². The Bertz CT molecular complexity index is 221. The van der Waals surface area contributed by atoms with E-state index in [-0.39, 0.29) is 0 Å². The molecule has 0 atom stereocenters. The molecule has 0 unspecified atom stereocenters. The Kier molecular flexibility index (Phi) is 3.55. The summed E-state index contributed by atoms with van der Waals surface area (Å²) >= 11 is 0. The summed E-state index contributed by atoms with van der Waals surface area (Å²) in [6.07, 6.45) is 4.40. The van der Waals surface area contributed by atoms with Crippen molar-refractivity contribution in [2.24, 2.45) is 10.8 Å². The molecule has 1 fully saturated rings. The highest BCUT2D eigenvalue weighted by Gasteiger charge is 2.41.